The highest BCUT2D eigenvalue weighted by molar-refractivity contribution is 9.10. The number of rotatable bonds is 5. The topological polar surface area (TPSA) is 62.5 Å². The molecule has 1 amide bonds. The maximum Gasteiger partial charge on any atom is 0.225 e. The van der Waals surface area contributed by atoms with E-state index in [1.165, 1.54) is 12.8 Å². The molecule has 0 unspecified atom stereocenters. The molecule has 6 nitrogen and oxygen atoms in total. The number of piperidine rings is 1. The second-order valence-electron chi connectivity index (χ2n) is 8.87. The van der Waals surface area contributed by atoms with Gasteiger partial charge in [-0.1, -0.05) is 42.6 Å². The lowest BCUT2D eigenvalue weighted by Gasteiger charge is -2.33. The summed E-state index contributed by atoms with van der Waals surface area (Å²) in [6.07, 6.45) is 8.38. The Morgan fingerprint density at radius 3 is 2.66 bits per heavy atom. The van der Waals surface area contributed by atoms with Crippen LogP contribution in [0.4, 0.5) is 5.82 Å². The first-order valence-corrected chi connectivity index (χ1v) is 12.6. The molecule has 1 aliphatic heterocycles. The summed E-state index contributed by atoms with van der Waals surface area (Å²) in [7, 11) is 0. The zero-order valence-electron chi connectivity index (χ0n) is 17.9. The van der Waals surface area contributed by atoms with Crippen molar-refractivity contribution in [2.24, 2.45) is 11.8 Å². The van der Waals surface area contributed by atoms with E-state index in [1.54, 1.807) is 6.20 Å². The predicted octanol–water partition coefficient (Wildman–Crippen LogP) is 5.65. The molecule has 0 radical (unpaired) electrons. The fourth-order valence-corrected chi connectivity index (χ4v) is 5.49. The second kappa shape index (κ2) is 9.40. The van der Waals surface area contributed by atoms with Crippen molar-refractivity contribution in [2.45, 2.75) is 38.5 Å². The predicted molar refractivity (Wildman–Crippen MR) is 131 cm³/mol. The van der Waals surface area contributed by atoms with E-state index in [0.29, 0.717) is 16.8 Å². The lowest BCUT2D eigenvalue weighted by Crippen LogP contribution is -2.42. The second-order valence-corrected chi connectivity index (χ2v) is 10.1. The quantitative estimate of drug-likeness (QED) is 0.476. The third-order valence-electron chi connectivity index (χ3n) is 6.78. The number of nitrogens with one attached hydrogen (secondary N) is 1. The molecule has 1 saturated carbocycles. The fraction of sp³-hybridized carbons (Fsp3) is 0.458. The third kappa shape index (κ3) is 4.37. The van der Waals surface area contributed by atoms with Crippen LogP contribution in [0.3, 0.4) is 0 Å². The molecule has 0 spiro atoms. The van der Waals surface area contributed by atoms with Crippen molar-refractivity contribution in [3.05, 3.63) is 46.0 Å². The lowest BCUT2D eigenvalue weighted by molar-refractivity contribution is -0.136. The fourth-order valence-electron chi connectivity index (χ4n) is 4.91. The monoisotopic (exact) mass is 515 g/mol. The SMILES string of the molecule is O=C(C1CCCC1)N1CCC(CNc2cc(-c3ccccc3Cl)nc3c(Br)cnn23)CC1. The molecule has 2 fully saturated rings. The first kappa shape index (κ1) is 21.7. The van der Waals surface area contributed by atoms with Gasteiger partial charge in [0, 0.05) is 42.2 Å². The van der Waals surface area contributed by atoms with E-state index in [4.69, 9.17) is 16.6 Å². The van der Waals surface area contributed by atoms with Gasteiger partial charge >= 0.3 is 0 Å². The van der Waals surface area contributed by atoms with Crippen LogP contribution in [0.1, 0.15) is 38.5 Å². The molecule has 5 rings (SSSR count). The minimum absolute atomic E-state index is 0.274. The smallest absolute Gasteiger partial charge is 0.225 e. The first-order chi connectivity index (χ1) is 15.6. The van der Waals surface area contributed by atoms with E-state index < -0.39 is 0 Å². The molecule has 1 aliphatic carbocycles. The van der Waals surface area contributed by atoms with Crippen molar-refractivity contribution < 1.29 is 4.79 Å². The number of amides is 1. The van der Waals surface area contributed by atoms with Gasteiger partial charge in [0.05, 0.1) is 16.4 Å². The number of likely N-dealkylation sites (tertiary alicyclic amines) is 1. The molecule has 3 aromatic rings. The summed E-state index contributed by atoms with van der Waals surface area (Å²) in [5.41, 5.74) is 2.46. The Labute approximate surface area is 201 Å². The van der Waals surface area contributed by atoms with Gasteiger partial charge in [0.2, 0.25) is 5.91 Å². The van der Waals surface area contributed by atoms with Gasteiger partial charge in [-0.3, -0.25) is 4.79 Å². The highest BCUT2D eigenvalue weighted by atomic mass is 79.9. The zero-order valence-corrected chi connectivity index (χ0v) is 20.3. The molecule has 8 heteroatoms. The summed E-state index contributed by atoms with van der Waals surface area (Å²) >= 11 is 9.99. The minimum Gasteiger partial charge on any atom is -0.370 e. The van der Waals surface area contributed by atoms with E-state index in [0.717, 1.165) is 72.5 Å². The van der Waals surface area contributed by atoms with Crippen molar-refractivity contribution in [2.75, 3.05) is 25.0 Å². The standard InChI is InChI=1S/C24H27BrClN5O/c25-19-15-28-31-22(13-21(29-23(19)31)18-7-3-4-8-20(18)26)27-14-16-9-11-30(12-10-16)24(32)17-5-1-2-6-17/h3-4,7-8,13,15-17,27H,1-2,5-6,9-12,14H2. The summed E-state index contributed by atoms with van der Waals surface area (Å²) in [6.45, 7) is 2.57. The van der Waals surface area contributed by atoms with Crippen molar-refractivity contribution >= 4 is 44.9 Å². The van der Waals surface area contributed by atoms with Crippen LogP contribution >= 0.6 is 27.5 Å². The Kier molecular flexibility index (Phi) is 6.37. The van der Waals surface area contributed by atoms with Crippen LogP contribution in [0.25, 0.3) is 16.9 Å². The number of hydrogen-bond acceptors (Lipinski definition) is 4. The number of hydrogen-bond donors (Lipinski definition) is 1. The summed E-state index contributed by atoms with van der Waals surface area (Å²) in [5.74, 6) is 2.07. The summed E-state index contributed by atoms with van der Waals surface area (Å²) < 4.78 is 2.66. The van der Waals surface area contributed by atoms with Crippen LogP contribution in [0, 0.1) is 11.8 Å². The van der Waals surface area contributed by atoms with E-state index >= 15 is 0 Å². The number of fused-ring (bicyclic) bond motifs is 1. The Bertz CT molecular complexity index is 1120. The van der Waals surface area contributed by atoms with Gasteiger partial charge in [-0.05, 0) is 53.6 Å². The molecule has 2 aliphatic rings. The lowest BCUT2D eigenvalue weighted by atomic mass is 9.95. The summed E-state index contributed by atoms with van der Waals surface area (Å²) in [6, 6.07) is 9.75. The van der Waals surface area contributed by atoms with Crippen LogP contribution in [-0.2, 0) is 4.79 Å². The first-order valence-electron chi connectivity index (χ1n) is 11.4. The van der Waals surface area contributed by atoms with E-state index in [2.05, 4.69) is 31.2 Å². The number of anilines is 1. The number of nitrogens with zero attached hydrogens (tertiary/aromatic N) is 4. The van der Waals surface area contributed by atoms with Crippen LogP contribution in [0.2, 0.25) is 5.02 Å². The average molecular weight is 517 g/mol. The highest BCUT2D eigenvalue weighted by Crippen LogP contribution is 2.31. The minimum atomic E-state index is 0.274. The van der Waals surface area contributed by atoms with E-state index in [9.17, 15) is 4.79 Å². The number of carbonyl (C=O) groups excluding carboxylic acids is 1. The van der Waals surface area contributed by atoms with Gasteiger partial charge < -0.3 is 10.2 Å². The molecule has 3 heterocycles. The van der Waals surface area contributed by atoms with Crippen molar-refractivity contribution in [3.63, 3.8) is 0 Å². The normalized spacial score (nSPS) is 17.9. The zero-order chi connectivity index (χ0) is 22.1. The van der Waals surface area contributed by atoms with Gasteiger partial charge in [0.15, 0.2) is 5.65 Å². The third-order valence-corrected chi connectivity index (χ3v) is 7.67. The summed E-state index contributed by atoms with van der Waals surface area (Å²) in [5, 5.41) is 8.74. The average Bonchev–Trinajstić information content (AvgIpc) is 3.48. The molecule has 32 heavy (non-hydrogen) atoms. The van der Waals surface area contributed by atoms with E-state index in [1.807, 2.05) is 34.8 Å². The molecule has 0 bridgehead atoms. The van der Waals surface area contributed by atoms with Crippen molar-refractivity contribution in [1.82, 2.24) is 19.5 Å². The van der Waals surface area contributed by atoms with Crippen LogP contribution < -0.4 is 5.32 Å². The van der Waals surface area contributed by atoms with Crippen LogP contribution in [0.15, 0.2) is 41.0 Å². The molecule has 0 atom stereocenters. The van der Waals surface area contributed by atoms with Crippen molar-refractivity contribution in [1.29, 1.82) is 0 Å². The molecular weight excluding hydrogens is 490 g/mol. The Hall–Kier alpha value is -2.12. The number of benzene rings is 1. The molecule has 1 N–H and O–H groups in total. The van der Waals surface area contributed by atoms with Crippen LogP contribution in [-0.4, -0.2) is 45.0 Å². The molecule has 2 aromatic heterocycles. The molecule has 1 saturated heterocycles. The maximum absolute atomic E-state index is 12.7. The maximum atomic E-state index is 12.7. The van der Waals surface area contributed by atoms with E-state index in [-0.39, 0.29) is 5.92 Å². The number of carbonyl (C=O) groups is 1. The highest BCUT2D eigenvalue weighted by Gasteiger charge is 2.30. The summed E-state index contributed by atoms with van der Waals surface area (Å²) in [4.78, 5) is 19.6. The number of aromatic nitrogens is 3. The van der Waals surface area contributed by atoms with Crippen LogP contribution in [0.5, 0.6) is 0 Å². The largest absolute Gasteiger partial charge is 0.370 e. The Morgan fingerprint density at radius 2 is 1.91 bits per heavy atom. The molecule has 168 valence electrons. The van der Waals surface area contributed by atoms with Crippen molar-refractivity contribution in [3.8, 4) is 11.3 Å². The Morgan fingerprint density at radius 1 is 1.16 bits per heavy atom. The molecule has 1 aromatic carbocycles. The van der Waals surface area contributed by atoms with Gasteiger partial charge in [-0.2, -0.15) is 9.61 Å². The molecular formula is C24H27BrClN5O. The van der Waals surface area contributed by atoms with Gasteiger partial charge in [-0.25, -0.2) is 4.98 Å². The number of halogens is 2. The Balaban J connectivity index is 1.28. The van der Waals surface area contributed by atoms with Gasteiger partial charge in [0.1, 0.15) is 5.82 Å². The van der Waals surface area contributed by atoms with Gasteiger partial charge in [-0.15, -0.1) is 0 Å². The van der Waals surface area contributed by atoms with Gasteiger partial charge in [0.25, 0.3) is 0 Å².